The Bertz CT molecular complexity index is 1270. The van der Waals surface area contributed by atoms with Crippen LogP contribution in [0.25, 0.3) is 0 Å². The number of sulfonamides is 1. The van der Waals surface area contributed by atoms with E-state index >= 15 is 0 Å². The van der Waals surface area contributed by atoms with E-state index in [9.17, 15) is 18.5 Å². The Hall–Kier alpha value is -2.46. The quantitative estimate of drug-likeness (QED) is 0.328. The summed E-state index contributed by atoms with van der Waals surface area (Å²) in [5.74, 6) is 0.805. The van der Waals surface area contributed by atoms with Crippen molar-refractivity contribution >= 4 is 66.6 Å². The molecule has 3 aromatic rings. The molecule has 12 nitrogen and oxygen atoms in total. The average Bonchev–Trinajstić information content (AvgIpc) is 3.45. The molecule has 4 rings (SSSR count). The summed E-state index contributed by atoms with van der Waals surface area (Å²) in [5.41, 5.74) is -0.524. The van der Waals surface area contributed by atoms with Gasteiger partial charge in [0, 0.05) is 48.1 Å². The summed E-state index contributed by atoms with van der Waals surface area (Å²) < 4.78 is 42.2. The normalized spacial score (nSPS) is 14.6. The lowest BCUT2D eigenvalue weighted by molar-refractivity contribution is -0.384. The van der Waals surface area contributed by atoms with E-state index in [1.54, 1.807) is 0 Å². The van der Waals surface area contributed by atoms with Crippen LogP contribution in [0.2, 0.25) is 5.02 Å². The Morgan fingerprint density at radius 2 is 1.85 bits per heavy atom. The number of benzene rings is 1. The van der Waals surface area contributed by atoms with Crippen LogP contribution < -0.4 is 9.21 Å². The number of nitrogens with zero attached hydrogens (tertiary/aromatic N) is 7. The van der Waals surface area contributed by atoms with Gasteiger partial charge in [-0.15, -0.1) is 0 Å². The molecule has 1 fully saturated rings. The van der Waals surface area contributed by atoms with Crippen LogP contribution >= 0.6 is 34.7 Å². The molecule has 0 atom stereocenters. The summed E-state index contributed by atoms with van der Waals surface area (Å²) in [4.78, 5) is 21.0. The molecular formula is C17H18ClN7O5S3. The van der Waals surface area contributed by atoms with E-state index in [0.29, 0.717) is 38.1 Å². The second kappa shape index (κ2) is 9.42. The number of rotatable bonds is 7. The van der Waals surface area contributed by atoms with Crippen molar-refractivity contribution in [1.82, 2.24) is 18.7 Å². The van der Waals surface area contributed by atoms with E-state index in [0.717, 1.165) is 33.4 Å². The Kier molecular flexibility index (Phi) is 6.76. The fraction of sp³-hybridized carbons (Fsp3) is 0.412. The maximum Gasteiger partial charge on any atom is 0.289 e. The number of hydrogen-bond donors (Lipinski definition) is 0. The topological polar surface area (TPSA) is 145 Å². The molecule has 33 heavy (non-hydrogen) atoms. The highest BCUT2D eigenvalue weighted by Gasteiger charge is 2.35. The number of anilines is 3. The summed E-state index contributed by atoms with van der Waals surface area (Å²) in [5, 5.41) is 11.3. The third kappa shape index (κ3) is 4.77. The van der Waals surface area contributed by atoms with Gasteiger partial charge in [0.25, 0.3) is 15.7 Å². The van der Waals surface area contributed by atoms with Gasteiger partial charge >= 0.3 is 0 Å². The van der Waals surface area contributed by atoms with Gasteiger partial charge in [-0.3, -0.25) is 10.1 Å². The average molecular weight is 532 g/mol. The number of morpholine rings is 1. The first kappa shape index (κ1) is 23.7. The molecule has 3 heterocycles. The van der Waals surface area contributed by atoms with E-state index in [1.165, 1.54) is 12.1 Å². The molecule has 0 N–H and O–H groups in total. The van der Waals surface area contributed by atoms with Gasteiger partial charge in [-0.05, 0) is 12.1 Å². The van der Waals surface area contributed by atoms with Gasteiger partial charge in [0.2, 0.25) is 16.2 Å². The van der Waals surface area contributed by atoms with Crippen molar-refractivity contribution in [3.8, 4) is 0 Å². The first-order valence-corrected chi connectivity index (χ1v) is 13.0. The lowest BCUT2D eigenvalue weighted by atomic mass is 10.2. The smallest absolute Gasteiger partial charge is 0.289 e. The first-order chi connectivity index (χ1) is 15.7. The van der Waals surface area contributed by atoms with Crippen LogP contribution in [0.4, 0.5) is 21.9 Å². The van der Waals surface area contributed by atoms with Crippen molar-refractivity contribution in [3.05, 3.63) is 39.2 Å². The number of nitro benzene ring substituents is 1. The number of aromatic nitrogens is 4. The van der Waals surface area contributed by atoms with Crippen LogP contribution in [0.5, 0.6) is 0 Å². The summed E-state index contributed by atoms with van der Waals surface area (Å²) in [6.45, 7) is 5.94. The molecule has 1 aliphatic rings. The van der Waals surface area contributed by atoms with Gasteiger partial charge in [0.15, 0.2) is 0 Å². The van der Waals surface area contributed by atoms with Crippen LogP contribution in [0.15, 0.2) is 23.1 Å². The van der Waals surface area contributed by atoms with Crippen LogP contribution in [-0.2, 0) is 14.8 Å². The Labute approximate surface area is 202 Å². The van der Waals surface area contributed by atoms with Crippen molar-refractivity contribution in [3.63, 3.8) is 0 Å². The van der Waals surface area contributed by atoms with Crippen molar-refractivity contribution in [2.24, 2.45) is 0 Å². The van der Waals surface area contributed by atoms with Crippen LogP contribution in [-0.4, -0.2) is 58.4 Å². The molecule has 0 saturated carbocycles. The minimum atomic E-state index is -4.37. The number of ether oxygens (including phenoxy) is 1. The van der Waals surface area contributed by atoms with Crippen LogP contribution in [0.3, 0.4) is 0 Å². The Morgan fingerprint density at radius 1 is 1.18 bits per heavy atom. The molecule has 0 amide bonds. The summed E-state index contributed by atoms with van der Waals surface area (Å²) in [6.07, 6.45) is 0. The molecule has 0 radical (unpaired) electrons. The van der Waals surface area contributed by atoms with Crippen molar-refractivity contribution < 1.29 is 18.1 Å². The lowest BCUT2D eigenvalue weighted by Crippen LogP contribution is -2.37. The fourth-order valence-corrected chi connectivity index (χ4v) is 6.47. The highest BCUT2D eigenvalue weighted by atomic mass is 35.5. The van der Waals surface area contributed by atoms with E-state index in [-0.39, 0.29) is 26.1 Å². The third-order valence-electron chi connectivity index (χ3n) is 4.65. The zero-order chi connectivity index (χ0) is 23.8. The molecule has 16 heteroatoms. The maximum atomic E-state index is 13.7. The largest absolute Gasteiger partial charge is 0.378 e. The minimum absolute atomic E-state index is 0.0329. The third-order valence-corrected chi connectivity index (χ3v) is 8.28. The highest BCUT2D eigenvalue weighted by Crippen LogP contribution is 2.38. The van der Waals surface area contributed by atoms with Crippen molar-refractivity contribution in [2.75, 3.05) is 35.5 Å². The molecule has 1 aliphatic heterocycles. The van der Waals surface area contributed by atoms with E-state index in [1.807, 2.05) is 18.7 Å². The van der Waals surface area contributed by atoms with Gasteiger partial charge in [0.1, 0.15) is 10.8 Å². The van der Waals surface area contributed by atoms with Gasteiger partial charge < -0.3 is 9.64 Å². The van der Waals surface area contributed by atoms with Crippen molar-refractivity contribution in [1.29, 1.82) is 0 Å². The van der Waals surface area contributed by atoms with Crippen LogP contribution in [0.1, 0.15) is 25.6 Å². The summed E-state index contributed by atoms with van der Waals surface area (Å²) in [7, 11) is -4.37. The van der Waals surface area contributed by atoms with Gasteiger partial charge in [-0.1, -0.05) is 25.4 Å². The highest BCUT2D eigenvalue weighted by molar-refractivity contribution is 7.93. The van der Waals surface area contributed by atoms with E-state index in [2.05, 4.69) is 18.7 Å². The van der Waals surface area contributed by atoms with Gasteiger partial charge in [0.05, 0.1) is 23.0 Å². The minimum Gasteiger partial charge on any atom is -0.378 e. The van der Waals surface area contributed by atoms with E-state index in [4.69, 9.17) is 16.3 Å². The van der Waals surface area contributed by atoms with Gasteiger partial charge in [-0.2, -0.15) is 18.0 Å². The first-order valence-electron chi connectivity index (χ1n) is 9.67. The molecule has 0 unspecified atom stereocenters. The monoisotopic (exact) mass is 531 g/mol. The number of nitro groups is 1. The molecule has 1 saturated heterocycles. The Balaban J connectivity index is 1.82. The zero-order valence-corrected chi connectivity index (χ0v) is 20.6. The molecule has 0 bridgehead atoms. The van der Waals surface area contributed by atoms with Gasteiger partial charge in [-0.25, -0.2) is 13.4 Å². The zero-order valence-electron chi connectivity index (χ0n) is 17.4. The lowest BCUT2D eigenvalue weighted by Gasteiger charge is -2.25. The fourth-order valence-electron chi connectivity index (χ4n) is 2.91. The molecule has 1 aromatic carbocycles. The second-order valence-electron chi connectivity index (χ2n) is 7.21. The van der Waals surface area contributed by atoms with Crippen LogP contribution in [0, 0.1) is 10.1 Å². The molecule has 0 aliphatic carbocycles. The molecule has 0 spiro atoms. The van der Waals surface area contributed by atoms with E-state index < -0.39 is 20.6 Å². The number of halogens is 1. The standard InChI is InChI=1S/C17H18ClN7O5S3/c1-10(2)14-19-16(31-21-14)24(17-20-15(22-32-17)23-5-7-30-8-6-23)33(28,29)11-3-4-12(18)13(9-11)25(26)27/h3-4,9-10H,5-8H2,1-2H3. The second-order valence-corrected chi connectivity index (χ2v) is 10.9. The maximum absolute atomic E-state index is 13.7. The summed E-state index contributed by atoms with van der Waals surface area (Å²) >= 11 is 7.65. The van der Waals surface area contributed by atoms with Crippen molar-refractivity contribution in [2.45, 2.75) is 24.7 Å². The SMILES string of the molecule is CC(C)c1nsc(N(c2nc(N3CCOCC3)ns2)S(=O)(=O)c2ccc(Cl)c([N+](=O)[O-])c2)n1. The predicted octanol–water partition coefficient (Wildman–Crippen LogP) is 3.44. The molecular weight excluding hydrogens is 514 g/mol. The predicted molar refractivity (Wildman–Crippen MR) is 124 cm³/mol. The summed E-state index contributed by atoms with van der Waals surface area (Å²) in [6, 6.07) is 3.29. The molecule has 2 aromatic heterocycles. The Morgan fingerprint density at radius 3 is 2.48 bits per heavy atom. The number of hydrogen-bond acceptors (Lipinski definition) is 12. The molecule has 176 valence electrons.